The number of carbonyl (C=O) groups excluding carboxylic acids is 2. The van der Waals surface area contributed by atoms with E-state index in [0.717, 1.165) is 6.42 Å². The van der Waals surface area contributed by atoms with Gasteiger partial charge in [-0.05, 0) is 31.9 Å². The summed E-state index contributed by atoms with van der Waals surface area (Å²) < 4.78 is 10.4. The van der Waals surface area contributed by atoms with Gasteiger partial charge in [-0.3, -0.25) is 20.3 Å². The number of amides is 2. The predicted molar refractivity (Wildman–Crippen MR) is 120 cm³/mol. The lowest BCUT2D eigenvalue weighted by Crippen LogP contribution is -2.36. The number of hydrogen-bond acceptors (Lipinski definition) is 10. The van der Waals surface area contributed by atoms with Gasteiger partial charge in [0.15, 0.2) is 5.75 Å². The molecule has 0 aliphatic carbocycles. The van der Waals surface area contributed by atoms with Crippen molar-refractivity contribution < 1.29 is 19.1 Å². The maximum atomic E-state index is 12.0. The number of anilines is 2. The number of hydrogen-bond donors (Lipinski definition) is 4. The van der Waals surface area contributed by atoms with Crippen LogP contribution >= 0.6 is 23.2 Å². The van der Waals surface area contributed by atoms with Gasteiger partial charge in [0.2, 0.25) is 11.6 Å². The minimum absolute atomic E-state index is 0.0513. The maximum absolute atomic E-state index is 12.0. The van der Waals surface area contributed by atoms with Crippen molar-refractivity contribution in [3.05, 3.63) is 38.1 Å². The number of aromatic amines is 1. The van der Waals surface area contributed by atoms with E-state index in [1.54, 1.807) is 13.0 Å². The van der Waals surface area contributed by atoms with Crippen molar-refractivity contribution in [1.29, 1.82) is 5.26 Å². The molecule has 2 amide bonds. The molecule has 0 spiro atoms. The average molecular weight is 494 g/mol. The van der Waals surface area contributed by atoms with Crippen LogP contribution in [-0.2, 0) is 16.0 Å². The van der Waals surface area contributed by atoms with Gasteiger partial charge in [0.05, 0.1) is 22.3 Å². The molecule has 1 aliphatic rings. The van der Waals surface area contributed by atoms with E-state index in [1.165, 1.54) is 12.1 Å². The Balaban J connectivity index is 1.79. The third-order valence-corrected chi connectivity index (χ3v) is 4.82. The van der Waals surface area contributed by atoms with Gasteiger partial charge in [0, 0.05) is 12.1 Å². The number of alkyl carbamates (subject to hydrolysis) is 1. The van der Waals surface area contributed by atoms with Crippen molar-refractivity contribution in [2.45, 2.75) is 19.8 Å². The summed E-state index contributed by atoms with van der Waals surface area (Å²) in [5.74, 6) is -0.814. The van der Waals surface area contributed by atoms with Crippen molar-refractivity contribution in [2.24, 2.45) is 5.10 Å². The molecule has 4 N–H and O–H groups in total. The van der Waals surface area contributed by atoms with Crippen molar-refractivity contribution in [3.63, 3.8) is 0 Å². The Morgan fingerprint density at radius 2 is 2.06 bits per heavy atom. The lowest BCUT2D eigenvalue weighted by atomic mass is 10.1. The number of H-pyrrole nitrogens is 1. The smallest absolute Gasteiger partial charge is 0.414 e. The highest BCUT2D eigenvalue weighted by Crippen LogP contribution is 2.40. The van der Waals surface area contributed by atoms with Crippen LogP contribution in [0.1, 0.15) is 18.9 Å². The number of fused-ring (bicyclic) bond motifs is 1. The number of rotatable bonds is 6. The zero-order valence-corrected chi connectivity index (χ0v) is 18.6. The average Bonchev–Trinajstić information content (AvgIpc) is 2.78. The first-order chi connectivity index (χ1) is 15.8. The number of nitrogens with zero attached hydrogens (tertiary/aromatic N) is 3. The monoisotopic (exact) mass is 493 g/mol. The fraction of sp³-hybridized carbons (Fsp3) is 0.263. The van der Waals surface area contributed by atoms with Crippen LogP contribution in [0.5, 0.6) is 11.6 Å². The van der Waals surface area contributed by atoms with Crippen molar-refractivity contribution >= 4 is 52.3 Å². The molecule has 0 saturated heterocycles. The van der Waals surface area contributed by atoms with Crippen LogP contribution < -0.4 is 26.4 Å². The molecule has 0 radical (unpaired) electrons. The summed E-state index contributed by atoms with van der Waals surface area (Å²) in [5, 5.41) is 24.1. The normalized spacial score (nSPS) is 12.6. The zero-order chi connectivity index (χ0) is 24.0. The van der Waals surface area contributed by atoms with Crippen LogP contribution in [0.2, 0.25) is 10.0 Å². The Hall–Kier alpha value is -3.82. The highest BCUT2D eigenvalue weighted by molar-refractivity contribution is 6.47. The standard InChI is InChI=1S/C19H17Cl2N7O5/c1-2-32-19(31)24-16(29)13(8-22)26-25-9-6-11(20)15(12(21)7-9)33-18-10-4-3-5-23-14(10)17(30)27-28-18/h6-7,23,25H,2-5H2,1H3,(H,27,30)(H,24,29,31)/b26-13-. The Bertz CT molecular complexity index is 1200. The number of imide groups is 1. The van der Waals surface area contributed by atoms with Crippen LogP contribution in [0.3, 0.4) is 0 Å². The molecule has 1 aromatic carbocycles. The predicted octanol–water partition coefficient (Wildman–Crippen LogP) is 2.79. The molecule has 33 heavy (non-hydrogen) atoms. The fourth-order valence-corrected chi connectivity index (χ4v) is 3.40. The molecule has 2 heterocycles. The zero-order valence-electron chi connectivity index (χ0n) is 17.1. The largest absolute Gasteiger partial charge is 0.450 e. The van der Waals surface area contributed by atoms with Gasteiger partial charge in [-0.1, -0.05) is 23.2 Å². The molecule has 2 aromatic rings. The van der Waals surface area contributed by atoms with Crippen LogP contribution in [-0.4, -0.2) is 41.1 Å². The lowest BCUT2D eigenvalue weighted by Gasteiger charge is -2.19. The third-order valence-electron chi connectivity index (χ3n) is 4.26. The molecule has 0 bridgehead atoms. The number of aromatic nitrogens is 2. The molecule has 12 nitrogen and oxygen atoms in total. The summed E-state index contributed by atoms with van der Waals surface area (Å²) in [4.78, 5) is 35.2. The first kappa shape index (κ1) is 23.8. The van der Waals surface area contributed by atoms with Crippen molar-refractivity contribution in [3.8, 4) is 17.7 Å². The van der Waals surface area contributed by atoms with Gasteiger partial charge >= 0.3 is 6.09 Å². The van der Waals surface area contributed by atoms with E-state index in [1.807, 2.05) is 5.32 Å². The van der Waals surface area contributed by atoms with Crippen molar-refractivity contribution in [2.75, 3.05) is 23.9 Å². The van der Waals surface area contributed by atoms with Gasteiger partial charge in [-0.25, -0.2) is 9.89 Å². The van der Waals surface area contributed by atoms with Crippen LogP contribution in [0, 0.1) is 11.3 Å². The summed E-state index contributed by atoms with van der Waals surface area (Å²) in [6, 6.07) is 4.34. The summed E-state index contributed by atoms with van der Waals surface area (Å²) in [7, 11) is 0. The highest BCUT2D eigenvalue weighted by Gasteiger charge is 2.21. The molecule has 172 valence electrons. The second kappa shape index (κ2) is 10.7. The van der Waals surface area contributed by atoms with E-state index in [4.69, 9.17) is 33.2 Å². The van der Waals surface area contributed by atoms with Gasteiger partial charge in [-0.15, -0.1) is 5.10 Å². The number of benzene rings is 1. The van der Waals surface area contributed by atoms with Gasteiger partial charge in [0.25, 0.3) is 11.5 Å². The Morgan fingerprint density at radius 3 is 2.73 bits per heavy atom. The number of carbonyl (C=O) groups is 2. The summed E-state index contributed by atoms with van der Waals surface area (Å²) in [5.41, 5.74) is 2.70. The van der Waals surface area contributed by atoms with Crippen molar-refractivity contribution in [1.82, 2.24) is 15.5 Å². The summed E-state index contributed by atoms with van der Waals surface area (Å²) >= 11 is 12.6. The van der Waals surface area contributed by atoms with Crippen LogP contribution in [0.4, 0.5) is 16.2 Å². The fourth-order valence-electron chi connectivity index (χ4n) is 2.84. The molecular formula is C19H17Cl2N7O5. The van der Waals surface area contributed by atoms with E-state index in [0.29, 0.717) is 24.2 Å². The van der Waals surface area contributed by atoms with Gasteiger partial charge in [-0.2, -0.15) is 10.4 Å². The second-order valence-electron chi connectivity index (χ2n) is 6.47. The minimum Gasteiger partial charge on any atom is -0.450 e. The van der Waals surface area contributed by atoms with E-state index in [9.17, 15) is 14.4 Å². The molecule has 0 unspecified atom stereocenters. The number of ether oxygens (including phenoxy) is 2. The molecule has 0 atom stereocenters. The van der Waals surface area contributed by atoms with E-state index >= 15 is 0 Å². The minimum atomic E-state index is -1.05. The Labute approximate surface area is 196 Å². The molecular weight excluding hydrogens is 477 g/mol. The van der Waals surface area contributed by atoms with Gasteiger partial charge in [0.1, 0.15) is 11.8 Å². The first-order valence-electron chi connectivity index (χ1n) is 9.58. The Kier molecular flexibility index (Phi) is 7.70. The van der Waals surface area contributed by atoms with Crippen LogP contribution in [0.25, 0.3) is 0 Å². The second-order valence-corrected chi connectivity index (χ2v) is 7.29. The maximum Gasteiger partial charge on any atom is 0.414 e. The topological polar surface area (TPSA) is 171 Å². The molecule has 0 saturated carbocycles. The molecule has 1 aliphatic heterocycles. The number of halogens is 2. The SMILES string of the molecule is CCOC(=O)NC(=O)/C(C#N)=N\Nc1cc(Cl)c(Oc2n[nH]c(=O)c3c2CCCN3)c(Cl)c1. The quantitative estimate of drug-likeness (QED) is 0.348. The molecule has 14 heteroatoms. The van der Waals surface area contributed by atoms with E-state index in [-0.39, 0.29) is 39.5 Å². The molecule has 3 rings (SSSR count). The third kappa shape index (κ3) is 5.71. The summed E-state index contributed by atoms with van der Waals surface area (Å²) in [6.45, 7) is 2.27. The summed E-state index contributed by atoms with van der Waals surface area (Å²) in [6.07, 6.45) is 0.372. The molecule has 0 fully saturated rings. The van der Waals surface area contributed by atoms with Gasteiger partial charge < -0.3 is 14.8 Å². The number of nitriles is 1. The molecule has 1 aromatic heterocycles. The van der Waals surface area contributed by atoms with E-state index in [2.05, 4.69) is 30.8 Å². The Morgan fingerprint density at radius 1 is 1.33 bits per heavy atom. The highest BCUT2D eigenvalue weighted by atomic mass is 35.5. The first-order valence-corrected chi connectivity index (χ1v) is 10.3. The number of nitrogens with one attached hydrogen (secondary N) is 4. The number of hydrazone groups is 1. The van der Waals surface area contributed by atoms with Crippen LogP contribution in [0.15, 0.2) is 22.0 Å². The lowest BCUT2D eigenvalue weighted by molar-refractivity contribution is -0.114. The van der Waals surface area contributed by atoms with E-state index < -0.39 is 17.7 Å².